The maximum atomic E-state index is 13.6. The first-order chi connectivity index (χ1) is 16.6. The van der Waals surface area contributed by atoms with Gasteiger partial charge in [0, 0.05) is 55.5 Å². The average molecular weight is 517 g/mol. The first-order valence-electron chi connectivity index (χ1n) is 12.0. The zero-order valence-electron chi connectivity index (χ0n) is 20.5. The van der Waals surface area contributed by atoms with E-state index in [4.69, 9.17) is 11.6 Å². The van der Waals surface area contributed by atoms with E-state index in [9.17, 15) is 13.2 Å². The van der Waals surface area contributed by atoms with Crippen molar-refractivity contribution in [2.24, 2.45) is 0 Å². The van der Waals surface area contributed by atoms with Gasteiger partial charge < -0.3 is 9.47 Å². The quantitative estimate of drug-likeness (QED) is 0.521. The fraction of sp³-hybridized carbons (Fsp3) is 0.423. The minimum atomic E-state index is -3.53. The van der Waals surface area contributed by atoms with E-state index in [0.717, 1.165) is 29.6 Å². The molecule has 0 radical (unpaired) electrons. The van der Waals surface area contributed by atoms with E-state index < -0.39 is 10.0 Å². The number of amides is 1. The van der Waals surface area contributed by atoms with Crippen molar-refractivity contribution in [3.8, 4) is 0 Å². The molecule has 3 aromatic rings. The largest absolute Gasteiger partial charge is 0.338 e. The molecular weight excluding hydrogens is 484 g/mol. The summed E-state index contributed by atoms with van der Waals surface area (Å²) in [4.78, 5) is 17.8. The molecule has 188 valence electrons. The van der Waals surface area contributed by atoms with Crippen LogP contribution in [0.1, 0.15) is 25.8 Å². The molecule has 7 nitrogen and oxygen atoms in total. The number of sulfonamides is 1. The summed E-state index contributed by atoms with van der Waals surface area (Å²) >= 11 is 6.29. The molecule has 35 heavy (non-hydrogen) atoms. The number of nitrogens with zero attached hydrogens (tertiary/aromatic N) is 4. The first kappa shape index (κ1) is 25.5. The van der Waals surface area contributed by atoms with Crippen LogP contribution in [0.2, 0.25) is 5.02 Å². The Kier molecular flexibility index (Phi) is 7.73. The van der Waals surface area contributed by atoms with Crippen LogP contribution in [-0.4, -0.2) is 67.2 Å². The molecule has 0 fully saturated rings. The second-order valence-electron chi connectivity index (χ2n) is 9.41. The van der Waals surface area contributed by atoms with Crippen LogP contribution in [0.4, 0.5) is 5.69 Å². The van der Waals surface area contributed by atoms with Crippen molar-refractivity contribution in [2.45, 2.75) is 39.4 Å². The zero-order chi connectivity index (χ0) is 25.2. The molecular formula is C26H33ClN4O3S. The van der Waals surface area contributed by atoms with Crippen molar-refractivity contribution in [1.29, 1.82) is 0 Å². The van der Waals surface area contributed by atoms with Crippen LogP contribution in [0.3, 0.4) is 0 Å². The highest BCUT2D eigenvalue weighted by Gasteiger charge is 2.25. The third kappa shape index (κ3) is 6.00. The van der Waals surface area contributed by atoms with Crippen LogP contribution in [-0.2, 0) is 27.9 Å². The van der Waals surface area contributed by atoms with Crippen LogP contribution >= 0.6 is 11.6 Å². The summed E-state index contributed by atoms with van der Waals surface area (Å²) in [5, 5.41) is 1.56. The van der Waals surface area contributed by atoms with Crippen molar-refractivity contribution >= 4 is 44.1 Å². The molecule has 2 heterocycles. The standard InChI is InChI=1S/C26H33ClN4O3S/c1-20(2)28-12-6-13-31(35(3,33)34)25-17-23(27)10-9-22(25)18-30(16-15-28)26(32)19-29-14-11-21-7-4-5-8-24(21)29/h4-5,7-11,14,17,20H,6,12-13,15-16,18-19H2,1-3H3. The summed E-state index contributed by atoms with van der Waals surface area (Å²) in [6.45, 7) is 7.15. The monoisotopic (exact) mass is 516 g/mol. The number of para-hydroxylation sites is 1. The van der Waals surface area contributed by atoms with E-state index in [-0.39, 0.29) is 18.5 Å². The molecule has 0 saturated carbocycles. The number of carbonyl (C=O) groups excluding carboxylic acids is 1. The van der Waals surface area contributed by atoms with Gasteiger partial charge in [-0.2, -0.15) is 0 Å². The Bertz CT molecular complexity index is 1300. The van der Waals surface area contributed by atoms with E-state index in [1.54, 1.807) is 12.1 Å². The van der Waals surface area contributed by atoms with Crippen molar-refractivity contribution < 1.29 is 13.2 Å². The second kappa shape index (κ2) is 10.6. The molecule has 0 saturated heterocycles. The number of anilines is 1. The van der Waals surface area contributed by atoms with E-state index in [2.05, 4.69) is 18.7 Å². The highest BCUT2D eigenvalue weighted by molar-refractivity contribution is 7.92. The Hall–Kier alpha value is -2.55. The molecule has 0 spiro atoms. The van der Waals surface area contributed by atoms with Gasteiger partial charge in [0.2, 0.25) is 15.9 Å². The van der Waals surface area contributed by atoms with Crippen LogP contribution < -0.4 is 4.31 Å². The van der Waals surface area contributed by atoms with Gasteiger partial charge in [-0.15, -0.1) is 0 Å². The molecule has 1 aromatic heterocycles. The Balaban J connectivity index is 1.70. The number of hydrogen-bond donors (Lipinski definition) is 0. The number of halogens is 1. The van der Waals surface area contributed by atoms with Gasteiger partial charge in [0.05, 0.1) is 11.9 Å². The predicted octanol–water partition coefficient (Wildman–Crippen LogP) is 4.20. The van der Waals surface area contributed by atoms with Gasteiger partial charge in [-0.1, -0.05) is 35.9 Å². The molecule has 4 rings (SSSR count). The van der Waals surface area contributed by atoms with Crippen molar-refractivity contribution in [1.82, 2.24) is 14.4 Å². The molecule has 1 aliphatic heterocycles. The highest BCUT2D eigenvalue weighted by Crippen LogP contribution is 2.29. The van der Waals surface area contributed by atoms with Gasteiger partial charge in [0.25, 0.3) is 0 Å². The van der Waals surface area contributed by atoms with E-state index in [1.807, 2.05) is 52.1 Å². The maximum Gasteiger partial charge on any atom is 0.242 e. The summed E-state index contributed by atoms with van der Waals surface area (Å²) in [6, 6.07) is 15.6. The predicted molar refractivity (Wildman–Crippen MR) is 142 cm³/mol. The molecule has 0 N–H and O–H groups in total. The summed E-state index contributed by atoms with van der Waals surface area (Å²) in [6.07, 6.45) is 3.84. The lowest BCUT2D eigenvalue weighted by Crippen LogP contribution is -2.42. The van der Waals surface area contributed by atoms with E-state index in [1.165, 1.54) is 10.6 Å². The summed E-state index contributed by atoms with van der Waals surface area (Å²) < 4.78 is 28.9. The lowest BCUT2D eigenvalue weighted by Gasteiger charge is -2.30. The SMILES string of the molecule is CC(C)N1CCCN(S(C)(=O)=O)c2cc(Cl)ccc2CN(C(=O)Cn2ccc3ccccc32)CC1. The highest BCUT2D eigenvalue weighted by atomic mass is 35.5. The Morgan fingerprint density at radius 3 is 2.54 bits per heavy atom. The molecule has 0 bridgehead atoms. The molecule has 1 amide bonds. The average Bonchev–Trinajstić information content (AvgIpc) is 3.18. The molecule has 0 aliphatic carbocycles. The van der Waals surface area contributed by atoms with Gasteiger partial charge in [-0.3, -0.25) is 14.0 Å². The Morgan fingerprint density at radius 1 is 1.03 bits per heavy atom. The Labute approximate surface area is 212 Å². The number of carbonyl (C=O) groups is 1. The topological polar surface area (TPSA) is 65.9 Å². The van der Waals surface area contributed by atoms with Crippen molar-refractivity contribution in [2.75, 3.05) is 36.7 Å². The first-order valence-corrected chi connectivity index (χ1v) is 14.2. The summed E-state index contributed by atoms with van der Waals surface area (Å²) in [7, 11) is -3.53. The normalized spacial score (nSPS) is 16.4. The maximum absolute atomic E-state index is 13.6. The third-order valence-electron chi connectivity index (χ3n) is 6.61. The molecule has 2 aromatic carbocycles. The fourth-order valence-corrected chi connectivity index (χ4v) is 5.84. The Morgan fingerprint density at radius 2 is 1.80 bits per heavy atom. The number of fused-ring (bicyclic) bond motifs is 2. The third-order valence-corrected chi connectivity index (χ3v) is 8.03. The molecule has 0 atom stereocenters. The zero-order valence-corrected chi connectivity index (χ0v) is 22.1. The van der Waals surface area contributed by atoms with Gasteiger partial charge in [-0.25, -0.2) is 8.42 Å². The number of benzene rings is 2. The van der Waals surface area contributed by atoms with Gasteiger partial charge in [0.15, 0.2) is 0 Å². The van der Waals surface area contributed by atoms with E-state index in [0.29, 0.717) is 36.8 Å². The van der Waals surface area contributed by atoms with Crippen LogP contribution in [0.5, 0.6) is 0 Å². The van der Waals surface area contributed by atoms with Crippen LogP contribution in [0, 0.1) is 0 Å². The fourth-order valence-electron chi connectivity index (χ4n) is 4.68. The summed E-state index contributed by atoms with van der Waals surface area (Å²) in [5.74, 6) is -0.0129. The van der Waals surface area contributed by atoms with Crippen molar-refractivity contribution in [3.63, 3.8) is 0 Å². The van der Waals surface area contributed by atoms with Crippen LogP contribution in [0.15, 0.2) is 54.7 Å². The number of hydrogen-bond acceptors (Lipinski definition) is 4. The van der Waals surface area contributed by atoms with Crippen molar-refractivity contribution in [3.05, 3.63) is 65.3 Å². The van der Waals surface area contributed by atoms with Gasteiger partial charge >= 0.3 is 0 Å². The van der Waals surface area contributed by atoms with Crippen LogP contribution in [0.25, 0.3) is 10.9 Å². The number of aromatic nitrogens is 1. The van der Waals surface area contributed by atoms with Gasteiger partial charge in [-0.05, 0) is 55.5 Å². The second-order valence-corrected chi connectivity index (χ2v) is 11.8. The van der Waals surface area contributed by atoms with E-state index >= 15 is 0 Å². The minimum Gasteiger partial charge on any atom is -0.338 e. The lowest BCUT2D eigenvalue weighted by molar-refractivity contribution is -0.132. The smallest absolute Gasteiger partial charge is 0.242 e. The number of rotatable bonds is 4. The minimum absolute atomic E-state index is 0.0129. The summed E-state index contributed by atoms with van der Waals surface area (Å²) in [5.41, 5.74) is 2.32. The molecule has 9 heteroatoms. The molecule has 0 unspecified atom stereocenters. The van der Waals surface area contributed by atoms with Gasteiger partial charge in [0.1, 0.15) is 6.54 Å². The molecule has 1 aliphatic rings. The lowest BCUT2D eigenvalue weighted by atomic mass is 10.1.